The number of aromatic nitrogens is 1. The molecule has 0 radical (unpaired) electrons. The van der Waals surface area contributed by atoms with Crippen LogP contribution >= 0.6 is 0 Å². The Morgan fingerprint density at radius 3 is 2.24 bits per heavy atom. The summed E-state index contributed by atoms with van der Waals surface area (Å²) in [7, 11) is 0. The summed E-state index contributed by atoms with van der Waals surface area (Å²) in [6.07, 6.45) is 3.90. The predicted octanol–water partition coefficient (Wildman–Crippen LogP) is 6.16. The molecule has 3 heterocycles. The number of pyridine rings is 1. The van der Waals surface area contributed by atoms with Crippen LogP contribution in [0.3, 0.4) is 0 Å². The fourth-order valence-corrected chi connectivity index (χ4v) is 5.52. The standard InChI is InChI=1S/C34H32FN3O7/c1-20-2-4-21(5-3-20)37-32(39)34(11-12-34)33(40)38-22-6-7-26(24(35)18-22)45-27-8-13-36-25-19-28(44-23-9-14-41-15-10-23)30-31(29(25)27)43-17-16-42-30/h2-8,13,18-19,23H,9-12,14-17H2,1H3,(H,37,39)(H,38,40). The Hall–Kier alpha value is -4.90. The van der Waals surface area contributed by atoms with Crippen molar-refractivity contribution in [3.8, 4) is 28.7 Å². The Balaban J connectivity index is 1.09. The van der Waals surface area contributed by atoms with Crippen molar-refractivity contribution in [2.24, 2.45) is 5.41 Å². The molecular weight excluding hydrogens is 581 g/mol. The van der Waals surface area contributed by atoms with Gasteiger partial charge >= 0.3 is 0 Å². The van der Waals surface area contributed by atoms with Gasteiger partial charge in [-0.15, -0.1) is 0 Å². The molecule has 1 aromatic heterocycles. The van der Waals surface area contributed by atoms with Gasteiger partial charge in [0.2, 0.25) is 17.6 Å². The maximum Gasteiger partial charge on any atom is 0.240 e. The summed E-state index contributed by atoms with van der Waals surface area (Å²) >= 11 is 0. The SMILES string of the molecule is Cc1ccc(NC(=O)C2(C(=O)Nc3ccc(Oc4ccnc5cc(OC6CCOCC6)c6c(c45)OCCO6)c(F)c3)CC2)cc1. The summed E-state index contributed by atoms with van der Waals surface area (Å²) in [5.41, 5.74) is 1.23. The molecule has 0 unspecified atom stereocenters. The van der Waals surface area contributed by atoms with Gasteiger partial charge in [0.15, 0.2) is 23.1 Å². The molecule has 45 heavy (non-hydrogen) atoms. The second kappa shape index (κ2) is 11.9. The number of carbonyl (C=O) groups excluding carboxylic acids is 2. The van der Waals surface area contributed by atoms with Crippen molar-refractivity contribution in [3.05, 3.63) is 72.2 Å². The third-order valence-corrected chi connectivity index (χ3v) is 8.24. The van der Waals surface area contributed by atoms with E-state index in [1.165, 1.54) is 18.2 Å². The fraction of sp³-hybridized carbons (Fsp3) is 0.324. The Labute approximate surface area is 258 Å². The van der Waals surface area contributed by atoms with Crippen LogP contribution in [0.4, 0.5) is 15.8 Å². The lowest BCUT2D eigenvalue weighted by Gasteiger charge is -2.27. The number of nitrogens with zero attached hydrogens (tertiary/aromatic N) is 1. The van der Waals surface area contributed by atoms with Gasteiger partial charge in [0.25, 0.3) is 0 Å². The molecule has 2 amide bonds. The number of halogens is 1. The van der Waals surface area contributed by atoms with E-state index in [-0.39, 0.29) is 23.4 Å². The maximum absolute atomic E-state index is 15.4. The van der Waals surface area contributed by atoms with Gasteiger partial charge in [0, 0.05) is 42.5 Å². The van der Waals surface area contributed by atoms with Crippen LogP contribution < -0.4 is 29.6 Å². The van der Waals surface area contributed by atoms with Gasteiger partial charge in [-0.25, -0.2) is 4.39 Å². The maximum atomic E-state index is 15.4. The first-order valence-corrected chi connectivity index (χ1v) is 15.0. The van der Waals surface area contributed by atoms with Crippen LogP contribution in [0.1, 0.15) is 31.2 Å². The third-order valence-electron chi connectivity index (χ3n) is 8.24. The Kier molecular flexibility index (Phi) is 7.62. The van der Waals surface area contributed by atoms with E-state index in [0.717, 1.165) is 18.4 Å². The van der Waals surface area contributed by atoms with E-state index in [1.54, 1.807) is 30.5 Å². The minimum absolute atomic E-state index is 0.0178. The number of ether oxygens (including phenoxy) is 5. The zero-order chi connectivity index (χ0) is 31.0. The number of carbonyl (C=O) groups is 2. The molecule has 1 aliphatic carbocycles. The average Bonchev–Trinajstić information content (AvgIpc) is 3.87. The first-order chi connectivity index (χ1) is 21.9. The van der Waals surface area contributed by atoms with Crippen LogP contribution in [0.25, 0.3) is 10.9 Å². The van der Waals surface area contributed by atoms with E-state index in [2.05, 4.69) is 15.6 Å². The van der Waals surface area contributed by atoms with Crippen LogP contribution in [0.15, 0.2) is 60.8 Å². The molecular formula is C34H32FN3O7. The zero-order valence-corrected chi connectivity index (χ0v) is 24.7. The van der Waals surface area contributed by atoms with Crippen molar-refractivity contribution >= 4 is 34.1 Å². The summed E-state index contributed by atoms with van der Waals surface area (Å²) in [6, 6.07) is 14.9. The second-order valence-electron chi connectivity index (χ2n) is 11.5. The summed E-state index contributed by atoms with van der Waals surface area (Å²) in [6.45, 7) is 3.89. The van der Waals surface area contributed by atoms with Crippen LogP contribution in [0.5, 0.6) is 28.7 Å². The van der Waals surface area contributed by atoms with Gasteiger partial charge in [-0.3, -0.25) is 14.6 Å². The molecule has 232 valence electrons. The van der Waals surface area contributed by atoms with Gasteiger partial charge in [0.05, 0.1) is 24.1 Å². The van der Waals surface area contributed by atoms with Crippen molar-refractivity contribution in [1.82, 2.24) is 4.98 Å². The van der Waals surface area contributed by atoms with Gasteiger partial charge in [-0.05, 0) is 50.1 Å². The number of fused-ring (bicyclic) bond motifs is 3. The molecule has 7 rings (SSSR count). The topological polar surface area (TPSA) is 117 Å². The largest absolute Gasteiger partial charge is 0.486 e. The summed E-state index contributed by atoms with van der Waals surface area (Å²) in [5.74, 6) is 0.0983. The lowest BCUT2D eigenvalue weighted by molar-refractivity contribution is -0.131. The van der Waals surface area contributed by atoms with Gasteiger partial charge < -0.3 is 34.3 Å². The van der Waals surface area contributed by atoms with E-state index >= 15 is 4.39 Å². The number of benzene rings is 3. The molecule has 10 nitrogen and oxygen atoms in total. The molecule has 2 fully saturated rings. The summed E-state index contributed by atoms with van der Waals surface area (Å²) in [5, 5.41) is 6.04. The summed E-state index contributed by atoms with van der Waals surface area (Å²) in [4.78, 5) is 30.6. The molecule has 3 aliphatic rings. The highest BCUT2D eigenvalue weighted by Gasteiger charge is 2.56. The minimum atomic E-state index is -1.19. The van der Waals surface area contributed by atoms with E-state index in [9.17, 15) is 9.59 Å². The molecule has 0 atom stereocenters. The van der Waals surface area contributed by atoms with Gasteiger partial charge in [0.1, 0.15) is 30.5 Å². The summed E-state index contributed by atoms with van der Waals surface area (Å²) < 4.78 is 45.1. The van der Waals surface area contributed by atoms with Crippen molar-refractivity contribution in [1.29, 1.82) is 0 Å². The Morgan fingerprint density at radius 1 is 0.844 bits per heavy atom. The smallest absolute Gasteiger partial charge is 0.240 e. The van der Waals surface area contributed by atoms with Crippen molar-refractivity contribution in [2.45, 2.75) is 38.7 Å². The Morgan fingerprint density at radius 2 is 1.53 bits per heavy atom. The highest BCUT2D eigenvalue weighted by molar-refractivity contribution is 6.16. The molecule has 11 heteroatoms. The quantitative estimate of drug-likeness (QED) is 0.227. The van der Waals surface area contributed by atoms with Crippen molar-refractivity contribution < 1.29 is 37.7 Å². The number of amides is 2. The van der Waals surface area contributed by atoms with Crippen LogP contribution in [0, 0.1) is 18.2 Å². The van der Waals surface area contributed by atoms with E-state index in [1.807, 2.05) is 19.1 Å². The number of rotatable bonds is 8. The molecule has 2 aliphatic heterocycles. The minimum Gasteiger partial charge on any atom is -0.486 e. The molecule has 4 aromatic rings. The first-order valence-electron chi connectivity index (χ1n) is 15.0. The van der Waals surface area contributed by atoms with Crippen molar-refractivity contribution in [3.63, 3.8) is 0 Å². The van der Waals surface area contributed by atoms with Gasteiger partial charge in [-0.1, -0.05) is 17.7 Å². The molecule has 1 saturated carbocycles. The van der Waals surface area contributed by atoms with Crippen LogP contribution in [0.2, 0.25) is 0 Å². The number of nitrogens with one attached hydrogen (secondary N) is 2. The lowest BCUT2D eigenvalue weighted by Crippen LogP contribution is -2.35. The van der Waals surface area contributed by atoms with Gasteiger partial charge in [-0.2, -0.15) is 0 Å². The molecule has 0 spiro atoms. The highest BCUT2D eigenvalue weighted by Crippen LogP contribution is 2.50. The monoisotopic (exact) mass is 613 g/mol. The number of hydrogen-bond acceptors (Lipinski definition) is 8. The molecule has 1 saturated heterocycles. The normalized spacial score (nSPS) is 16.9. The molecule has 0 bridgehead atoms. The average molecular weight is 614 g/mol. The highest BCUT2D eigenvalue weighted by atomic mass is 19.1. The molecule has 2 N–H and O–H groups in total. The predicted molar refractivity (Wildman–Crippen MR) is 164 cm³/mol. The van der Waals surface area contributed by atoms with E-state index < -0.39 is 17.1 Å². The number of aryl methyl sites for hydroxylation is 1. The first kappa shape index (κ1) is 28.8. The second-order valence-corrected chi connectivity index (χ2v) is 11.5. The number of hydrogen-bond donors (Lipinski definition) is 2. The number of anilines is 2. The Bertz CT molecular complexity index is 1770. The third kappa shape index (κ3) is 5.83. The zero-order valence-electron chi connectivity index (χ0n) is 24.7. The molecule has 3 aromatic carbocycles. The lowest BCUT2D eigenvalue weighted by atomic mass is 10.0. The van der Waals surface area contributed by atoms with E-state index in [4.69, 9.17) is 23.7 Å². The fourth-order valence-electron chi connectivity index (χ4n) is 5.52. The van der Waals surface area contributed by atoms with Crippen LogP contribution in [-0.2, 0) is 14.3 Å². The van der Waals surface area contributed by atoms with Crippen LogP contribution in [-0.4, -0.2) is 49.3 Å². The van der Waals surface area contributed by atoms with Crippen molar-refractivity contribution in [2.75, 3.05) is 37.1 Å². The van der Waals surface area contributed by atoms with E-state index in [0.29, 0.717) is 78.9 Å².